The third-order valence-corrected chi connectivity index (χ3v) is 3.95. The summed E-state index contributed by atoms with van der Waals surface area (Å²) in [5, 5.41) is 5.00. The Balaban J connectivity index is 2.09. The normalized spacial score (nSPS) is 42.3. The molecule has 12 heavy (non-hydrogen) atoms. The molecular weight excluding hydrogens is 178 g/mol. The van der Waals surface area contributed by atoms with Crippen molar-refractivity contribution in [1.82, 2.24) is 4.31 Å². The second kappa shape index (κ2) is 2.41. The predicted octanol–water partition coefficient (Wildman–Crippen LogP) is -1.53. The van der Waals surface area contributed by atoms with E-state index in [4.69, 9.17) is 10.9 Å². The Morgan fingerprint density at radius 3 is 2.08 bits per heavy atom. The van der Waals surface area contributed by atoms with E-state index in [9.17, 15) is 8.42 Å². The van der Waals surface area contributed by atoms with Crippen molar-refractivity contribution in [1.29, 1.82) is 0 Å². The Hall–Kier alpha value is -0.170. The molecule has 0 aromatic heterocycles. The first-order valence-corrected chi connectivity index (χ1v) is 5.52. The van der Waals surface area contributed by atoms with Gasteiger partial charge in [-0.2, -0.15) is 12.7 Å². The molecule has 6 heteroatoms. The summed E-state index contributed by atoms with van der Waals surface area (Å²) in [7, 11) is -3.47. The molecule has 2 saturated heterocycles. The number of fused-ring (bicyclic) bond motifs is 2. The second-order valence-corrected chi connectivity index (χ2v) is 5.24. The number of rotatable bonds is 1. The van der Waals surface area contributed by atoms with Crippen molar-refractivity contribution in [3.05, 3.63) is 0 Å². The number of nitrogens with two attached hydrogens (primary N) is 2. The van der Waals surface area contributed by atoms with Crippen LogP contribution in [-0.4, -0.2) is 31.9 Å². The molecule has 1 saturated carbocycles. The topological polar surface area (TPSA) is 89.4 Å². The fraction of sp³-hybridized carbons (Fsp3) is 1.00. The lowest BCUT2D eigenvalue weighted by Crippen LogP contribution is -2.63. The van der Waals surface area contributed by atoms with Gasteiger partial charge in [0, 0.05) is 19.1 Å². The lowest BCUT2D eigenvalue weighted by atomic mass is 9.67. The van der Waals surface area contributed by atoms with E-state index in [-0.39, 0.29) is 6.04 Å². The van der Waals surface area contributed by atoms with Gasteiger partial charge in [0.2, 0.25) is 0 Å². The molecule has 2 aliphatic heterocycles. The van der Waals surface area contributed by atoms with Crippen LogP contribution in [0.4, 0.5) is 0 Å². The van der Waals surface area contributed by atoms with Crippen LogP contribution in [0.5, 0.6) is 0 Å². The van der Waals surface area contributed by atoms with Gasteiger partial charge in [-0.25, -0.2) is 5.14 Å². The molecule has 2 unspecified atom stereocenters. The van der Waals surface area contributed by atoms with Gasteiger partial charge in [-0.15, -0.1) is 0 Å². The molecule has 0 spiro atoms. The van der Waals surface area contributed by atoms with Gasteiger partial charge >= 0.3 is 0 Å². The van der Waals surface area contributed by atoms with E-state index in [0.29, 0.717) is 24.9 Å². The van der Waals surface area contributed by atoms with Crippen LogP contribution in [-0.2, 0) is 10.2 Å². The van der Waals surface area contributed by atoms with Gasteiger partial charge in [0.05, 0.1) is 0 Å². The first kappa shape index (κ1) is 8.43. The summed E-state index contributed by atoms with van der Waals surface area (Å²) in [6, 6.07) is 0.197. The van der Waals surface area contributed by atoms with Gasteiger partial charge < -0.3 is 5.73 Å². The van der Waals surface area contributed by atoms with Crippen LogP contribution < -0.4 is 10.9 Å². The van der Waals surface area contributed by atoms with Crippen molar-refractivity contribution in [3.63, 3.8) is 0 Å². The monoisotopic (exact) mass is 191 g/mol. The zero-order valence-electron chi connectivity index (χ0n) is 6.68. The van der Waals surface area contributed by atoms with E-state index in [0.717, 1.165) is 6.42 Å². The number of nitrogens with zero attached hydrogens (tertiary/aromatic N) is 1. The molecule has 3 aliphatic rings. The Bertz CT molecular complexity index is 277. The predicted molar refractivity (Wildman–Crippen MR) is 44.3 cm³/mol. The summed E-state index contributed by atoms with van der Waals surface area (Å²) >= 11 is 0. The van der Waals surface area contributed by atoms with Crippen LogP contribution in [0.1, 0.15) is 6.42 Å². The minimum atomic E-state index is -3.47. The van der Waals surface area contributed by atoms with Crippen molar-refractivity contribution in [2.75, 3.05) is 13.1 Å². The standard InChI is InChI=1S/C6H13N3O2S/c7-6-4-1-5(6)3-9(2-4)12(8,10)11/h4-6H,1-3,7H2,(H2,8,10,11). The first-order valence-electron chi connectivity index (χ1n) is 4.02. The highest BCUT2D eigenvalue weighted by Crippen LogP contribution is 2.38. The van der Waals surface area contributed by atoms with Gasteiger partial charge in [0.1, 0.15) is 0 Å². The van der Waals surface area contributed by atoms with Gasteiger partial charge in [-0.1, -0.05) is 0 Å². The van der Waals surface area contributed by atoms with Crippen molar-refractivity contribution >= 4 is 10.2 Å². The van der Waals surface area contributed by atoms with Crippen LogP contribution in [0.2, 0.25) is 0 Å². The number of piperidine rings is 2. The third kappa shape index (κ3) is 1.15. The third-order valence-electron chi connectivity index (χ3n) is 2.93. The van der Waals surface area contributed by atoms with Gasteiger partial charge in [-0.05, 0) is 18.3 Å². The first-order chi connectivity index (χ1) is 5.48. The van der Waals surface area contributed by atoms with Crippen LogP contribution in [0, 0.1) is 11.8 Å². The zero-order valence-corrected chi connectivity index (χ0v) is 7.50. The molecule has 5 nitrogen and oxygen atoms in total. The van der Waals surface area contributed by atoms with Crippen LogP contribution >= 0.6 is 0 Å². The van der Waals surface area contributed by atoms with E-state index in [1.807, 2.05) is 0 Å². The van der Waals surface area contributed by atoms with Crippen molar-refractivity contribution < 1.29 is 8.42 Å². The largest absolute Gasteiger partial charge is 0.327 e. The highest BCUT2D eigenvalue weighted by atomic mass is 32.2. The maximum Gasteiger partial charge on any atom is 0.276 e. The van der Waals surface area contributed by atoms with E-state index in [1.54, 1.807) is 0 Å². The van der Waals surface area contributed by atoms with Crippen molar-refractivity contribution in [3.8, 4) is 0 Å². The molecule has 2 atom stereocenters. The van der Waals surface area contributed by atoms with Crippen molar-refractivity contribution in [2.24, 2.45) is 22.7 Å². The zero-order chi connectivity index (χ0) is 8.93. The quantitative estimate of drug-likeness (QED) is 0.527. The number of hydrogen-bond acceptors (Lipinski definition) is 3. The molecule has 3 fully saturated rings. The summed E-state index contributed by atoms with van der Waals surface area (Å²) in [5.74, 6) is 0.671. The van der Waals surface area contributed by atoms with Crippen LogP contribution in [0.25, 0.3) is 0 Å². The summed E-state index contributed by atoms with van der Waals surface area (Å²) in [6.45, 7) is 1.02. The van der Waals surface area contributed by atoms with E-state index >= 15 is 0 Å². The maximum atomic E-state index is 10.9. The smallest absolute Gasteiger partial charge is 0.276 e. The minimum absolute atomic E-state index is 0.197. The fourth-order valence-electron chi connectivity index (χ4n) is 2.09. The molecule has 70 valence electrons. The fourth-order valence-corrected chi connectivity index (χ4v) is 2.89. The summed E-state index contributed by atoms with van der Waals surface area (Å²) in [6.07, 6.45) is 1.06. The molecule has 2 heterocycles. The molecule has 2 bridgehead atoms. The summed E-state index contributed by atoms with van der Waals surface area (Å²) < 4.78 is 23.2. The van der Waals surface area contributed by atoms with E-state index in [2.05, 4.69) is 0 Å². The van der Waals surface area contributed by atoms with E-state index in [1.165, 1.54) is 4.31 Å². The number of hydrogen-bond donors (Lipinski definition) is 2. The average molecular weight is 191 g/mol. The van der Waals surface area contributed by atoms with Gasteiger partial charge in [0.15, 0.2) is 0 Å². The Morgan fingerprint density at radius 2 is 1.75 bits per heavy atom. The maximum absolute atomic E-state index is 10.9. The molecule has 4 N–H and O–H groups in total. The Labute approximate surface area is 71.9 Å². The highest BCUT2D eigenvalue weighted by Gasteiger charge is 2.46. The van der Waals surface area contributed by atoms with E-state index < -0.39 is 10.2 Å². The molecule has 0 aromatic carbocycles. The summed E-state index contributed by atoms with van der Waals surface area (Å²) in [5.41, 5.74) is 5.77. The molecule has 0 amide bonds. The molecule has 3 rings (SSSR count). The van der Waals surface area contributed by atoms with Gasteiger partial charge in [-0.3, -0.25) is 0 Å². The SMILES string of the molecule is NC1C2CC1CN(S(N)(=O)=O)C2. The minimum Gasteiger partial charge on any atom is -0.327 e. The molecule has 0 aromatic rings. The Morgan fingerprint density at radius 1 is 1.25 bits per heavy atom. The van der Waals surface area contributed by atoms with Crippen LogP contribution in [0.3, 0.4) is 0 Å². The molecule has 0 radical (unpaired) electrons. The van der Waals surface area contributed by atoms with Crippen molar-refractivity contribution in [2.45, 2.75) is 12.5 Å². The summed E-state index contributed by atoms with van der Waals surface area (Å²) in [4.78, 5) is 0. The van der Waals surface area contributed by atoms with Crippen LogP contribution in [0.15, 0.2) is 0 Å². The molecular formula is C6H13N3O2S. The Kier molecular flexibility index (Phi) is 1.69. The van der Waals surface area contributed by atoms with Gasteiger partial charge in [0.25, 0.3) is 10.2 Å². The highest BCUT2D eigenvalue weighted by molar-refractivity contribution is 7.86. The lowest BCUT2D eigenvalue weighted by Gasteiger charge is -2.50. The average Bonchev–Trinajstić information content (AvgIpc) is 2.02. The second-order valence-electron chi connectivity index (χ2n) is 3.70. The lowest BCUT2D eigenvalue weighted by molar-refractivity contribution is 0.0457. The molecule has 1 aliphatic carbocycles.